The number of pyridine rings is 1. The maximum absolute atomic E-state index is 3.90. The van der Waals surface area contributed by atoms with Gasteiger partial charge in [-0.25, -0.2) is 4.52 Å². The van der Waals surface area contributed by atoms with Crippen LogP contribution in [-0.4, -0.2) is 27.1 Å². The lowest BCUT2D eigenvalue weighted by molar-refractivity contribution is 0.804. The summed E-state index contributed by atoms with van der Waals surface area (Å²) < 4.78 is 1.66. The second kappa shape index (κ2) is 2.86. The third kappa shape index (κ3) is 1.04. The van der Waals surface area contributed by atoms with Gasteiger partial charge in [0.05, 0.1) is 0 Å². The monoisotopic (exact) mass is 163 g/mol. The molecule has 1 N–H and O–H groups in total. The van der Waals surface area contributed by atoms with Crippen LogP contribution in [0.25, 0.3) is 5.65 Å². The minimum atomic E-state index is 0.782. The molecule has 0 saturated carbocycles. The van der Waals surface area contributed by atoms with E-state index in [-0.39, 0.29) is 0 Å². The number of hydrogen-bond donors (Lipinski definition) is 1. The standard InChI is InChI=1S/C7H9N5/c1-8-5-6-3-2-4-12-7(6)9-10-11-12/h2-4,8H,5H2,1H3. The van der Waals surface area contributed by atoms with Crippen molar-refractivity contribution in [3.05, 3.63) is 23.9 Å². The van der Waals surface area contributed by atoms with Gasteiger partial charge in [-0.2, -0.15) is 0 Å². The van der Waals surface area contributed by atoms with Gasteiger partial charge in [0.2, 0.25) is 0 Å². The Kier molecular flexibility index (Phi) is 1.71. The predicted molar refractivity (Wildman–Crippen MR) is 43.5 cm³/mol. The number of hydrogen-bond acceptors (Lipinski definition) is 4. The van der Waals surface area contributed by atoms with Gasteiger partial charge in [-0.3, -0.25) is 0 Å². The molecule has 62 valence electrons. The molecular weight excluding hydrogens is 154 g/mol. The fraction of sp³-hybridized carbons (Fsp3) is 0.286. The largest absolute Gasteiger partial charge is 0.316 e. The average Bonchev–Trinajstić information content (AvgIpc) is 2.53. The van der Waals surface area contributed by atoms with Crippen LogP contribution in [-0.2, 0) is 6.54 Å². The maximum atomic E-state index is 3.90. The molecule has 0 bridgehead atoms. The molecule has 5 nitrogen and oxygen atoms in total. The Morgan fingerprint density at radius 2 is 2.50 bits per heavy atom. The molecule has 2 heterocycles. The van der Waals surface area contributed by atoms with Crippen molar-refractivity contribution in [3.63, 3.8) is 0 Å². The number of tetrazole rings is 1. The number of aromatic nitrogens is 4. The smallest absolute Gasteiger partial charge is 0.183 e. The molecule has 0 saturated heterocycles. The summed E-state index contributed by atoms with van der Waals surface area (Å²) in [5.74, 6) is 0. The van der Waals surface area contributed by atoms with Gasteiger partial charge >= 0.3 is 0 Å². The molecule has 0 aliphatic carbocycles. The van der Waals surface area contributed by atoms with E-state index in [0.717, 1.165) is 17.8 Å². The van der Waals surface area contributed by atoms with Gasteiger partial charge in [0.1, 0.15) is 0 Å². The van der Waals surface area contributed by atoms with Crippen molar-refractivity contribution in [1.29, 1.82) is 0 Å². The van der Waals surface area contributed by atoms with Gasteiger partial charge in [0, 0.05) is 18.3 Å². The van der Waals surface area contributed by atoms with Gasteiger partial charge in [0.15, 0.2) is 5.65 Å². The summed E-state index contributed by atoms with van der Waals surface area (Å²) in [5.41, 5.74) is 1.91. The highest BCUT2D eigenvalue weighted by molar-refractivity contribution is 5.44. The number of nitrogens with one attached hydrogen (secondary N) is 1. The molecule has 0 fully saturated rings. The molecule has 0 aromatic carbocycles. The lowest BCUT2D eigenvalue weighted by atomic mass is 10.3. The van der Waals surface area contributed by atoms with Crippen molar-refractivity contribution in [1.82, 2.24) is 25.4 Å². The van der Waals surface area contributed by atoms with Crippen LogP contribution in [0.3, 0.4) is 0 Å². The van der Waals surface area contributed by atoms with E-state index in [1.54, 1.807) is 4.52 Å². The highest BCUT2D eigenvalue weighted by Gasteiger charge is 2.01. The zero-order valence-electron chi connectivity index (χ0n) is 6.73. The molecule has 5 heteroatoms. The average molecular weight is 163 g/mol. The molecular formula is C7H9N5. The second-order valence-corrected chi connectivity index (χ2v) is 2.51. The minimum absolute atomic E-state index is 0.782. The van der Waals surface area contributed by atoms with Crippen molar-refractivity contribution < 1.29 is 0 Å². The highest BCUT2D eigenvalue weighted by atomic mass is 15.5. The molecule has 0 atom stereocenters. The fourth-order valence-corrected chi connectivity index (χ4v) is 1.15. The summed E-state index contributed by atoms with van der Waals surface area (Å²) in [6.07, 6.45) is 1.83. The summed E-state index contributed by atoms with van der Waals surface area (Å²) in [6, 6.07) is 3.93. The molecule has 0 spiro atoms. The topological polar surface area (TPSA) is 55.1 Å². The Balaban J connectivity index is 2.57. The lowest BCUT2D eigenvalue weighted by Crippen LogP contribution is -2.06. The fourth-order valence-electron chi connectivity index (χ4n) is 1.15. The molecule has 2 rings (SSSR count). The van der Waals surface area contributed by atoms with Crippen LogP contribution in [0.5, 0.6) is 0 Å². The van der Waals surface area contributed by atoms with Crippen LogP contribution in [0.1, 0.15) is 5.56 Å². The first-order valence-electron chi connectivity index (χ1n) is 3.72. The molecule has 0 radical (unpaired) electrons. The minimum Gasteiger partial charge on any atom is -0.316 e. The molecule has 2 aromatic rings. The van der Waals surface area contributed by atoms with Crippen LogP contribution in [0.15, 0.2) is 18.3 Å². The van der Waals surface area contributed by atoms with Gasteiger partial charge in [-0.05, 0) is 23.5 Å². The van der Waals surface area contributed by atoms with Gasteiger partial charge in [-0.15, -0.1) is 5.10 Å². The number of rotatable bonds is 2. The Hall–Kier alpha value is -1.49. The van der Waals surface area contributed by atoms with E-state index in [1.165, 1.54) is 0 Å². The van der Waals surface area contributed by atoms with Crippen LogP contribution in [0, 0.1) is 0 Å². The summed E-state index contributed by atoms with van der Waals surface area (Å²) in [5, 5.41) is 14.3. The Bertz CT molecular complexity index is 380. The van der Waals surface area contributed by atoms with E-state index in [4.69, 9.17) is 0 Å². The summed E-state index contributed by atoms with van der Waals surface area (Å²) in [6.45, 7) is 0.782. The predicted octanol–water partition coefficient (Wildman–Crippen LogP) is -0.156. The van der Waals surface area contributed by atoms with E-state index in [1.807, 2.05) is 25.4 Å². The summed E-state index contributed by atoms with van der Waals surface area (Å²) in [4.78, 5) is 0. The third-order valence-electron chi connectivity index (χ3n) is 1.67. The molecule has 0 unspecified atom stereocenters. The molecule has 0 aliphatic rings. The Morgan fingerprint density at radius 3 is 3.33 bits per heavy atom. The van der Waals surface area contributed by atoms with E-state index in [9.17, 15) is 0 Å². The van der Waals surface area contributed by atoms with E-state index < -0.39 is 0 Å². The Morgan fingerprint density at radius 1 is 1.58 bits per heavy atom. The van der Waals surface area contributed by atoms with E-state index in [0.29, 0.717) is 0 Å². The second-order valence-electron chi connectivity index (χ2n) is 2.51. The van der Waals surface area contributed by atoms with Crippen LogP contribution < -0.4 is 5.32 Å². The van der Waals surface area contributed by atoms with E-state index in [2.05, 4.69) is 20.8 Å². The SMILES string of the molecule is CNCc1cccn2nnnc12. The molecule has 0 aliphatic heterocycles. The van der Waals surface area contributed by atoms with Gasteiger partial charge in [0.25, 0.3) is 0 Å². The van der Waals surface area contributed by atoms with Crippen molar-refractivity contribution in [3.8, 4) is 0 Å². The first-order chi connectivity index (χ1) is 5.92. The maximum Gasteiger partial charge on any atom is 0.183 e. The quantitative estimate of drug-likeness (QED) is 0.668. The van der Waals surface area contributed by atoms with Gasteiger partial charge in [-0.1, -0.05) is 6.07 Å². The summed E-state index contributed by atoms with van der Waals surface area (Å²) >= 11 is 0. The number of fused-ring (bicyclic) bond motifs is 1. The molecule has 0 amide bonds. The van der Waals surface area contributed by atoms with Crippen LogP contribution in [0.4, 0.5) is 0 Å². The zero-order chi connectivity index (χ0) is 8.39. The van der Waals surface area contributed by atoms with Crippen LogP contribution >= 0.6 is 0 Å². The highest BCUT2D eigenvalue weighted by Crippen LogP contribution is 2.04. The van der Waals surface area contributed by atoms with Crippen molar-refractivity contribution in [2.45, 2.75) is 6.54 Å². The molecule has 12 heavy (non-hydrogen) atoms. The van der Waals surface area contributed by atoms with Crippen molar-refractivity contribution in [2.24, 2.45) is 0 Å². The van der Waals surface area contributed by atoms with Crippen molar-refractivity contribution in [2.75, 3.05) is 7.05 Å². The normalized spacial score (nSPS) is 10.8. The first kappa shape index (κ1) is 7.17. The zero-order valence-corrected chi connectivity index (χ0v) is 6.73. The van der Waals surface area contributed by atoms with Crippen molar-refractivity contribution >= 4 is 5.65 Å². The summed E-state index contributed by atoms with van der Waals surface area (Å²) in [7, 11) is 1.90. The van der Waals surface area contributed by atoms with Crippen LogP contribution in [0.2, 0.25) is 0 Å². The van der Waals surface area contributed by atoms with Gasteiger partial charge < -0.3 is 5.32 Å². The Labute approximate surface area is 69.4 Å². The lowest BCUT2D eigenvalue weighted by Gasteiger charge is -1.98. The van der Waals surface area contributed by atoms with E-state index >= 15 is 0 Å². The first-order valence-corrected chi connectivity index (χ1v) is 3.72. The molecule has 2 aromatic heterocycles. The third-order valence-corrected chi connectivity index (χ3v) is 1.67. The number of nitrogens with zero attached hydrogens (tertiary/aromatic N) is 4.